The predicted octanol–water partition coefficient (Wildman–Crippen LogP) is 6.51. The first-order valence-electron chi connectivity index (χ1n) is 13.4. The fraction of sp³-hybridized carbons (Fsp3) is 0.571. The van der Waals surface area contributed by atoms with Crippen LogP contribution in [-0.2, 0) is 5.60 Å². The molecule has 2 aliphatic heterocycles. The fourth-order valence-corrected chi connectivity index (χ4v) is 6.47. The second kappa shape index (κ2) is 12.6. The molecular formula is C28H34Cl3F3N4O2. The van der Waals surface area contributed by atoms with Crippen LogP contribution in [-0.4, -0.2) is 78.8 Å². The van der Waals surface area contributed by atoms with Gasteiger partial charge in [0, 0.05) is 43.8 Å². The molecule has 2 saturated heterocycles. The zero-order chi connectivity index (χ0) is 29.2. The molecule has 1 aromatic carbocycles. The molecular weight excluding hydrogens is 588 g/mol. The lowest BCUT2D eigenvalue weighted by atomic mass is 9.82. The van der Waals surface area contributed by atoms with Gasteiger partial charge >= 0.3 is 6.18 Å². The lowest BCUT2D eigenvalue weighted by Gasteiger charge is -2.40. The topological polar surface area (TPSA) is 59.9 Å². The molecule has 0 unspecified atom stereocenters. The molecule has 2 fully saturated rings. The highest BCUT2D eigenvalue weighted by Crippen LogP contribution is 2.42. The molecule has 0 radical (unpaired) electrons. The number of pyridine rings is 1. The van der Waals surface area contributed by atoms with Crippen LogP contribution in [0.25, 0.3) is 0 Å². The van der Waals surface area contributed by atoms with Crippen molar-refractivity contribution in [3.63, 3.8) is 0 Å². The Labute approximate surface area is 248 Å². The molecule has 0 bridgehead atoms. The monoisotopic (exact) mass is 620 g/mol. The van der Waals surface area contributed by atoms with Crippen LogP contribution in [0.2, 0.25) is 15.2 Å². The Bertz CT molecular complexity index is 1180. The van der Waals surface area contributed by atoms with Crippen LogP contribution in [0.5, 0.6) is 0 Å². The van der Waals surface area contributed by atoms with Crippen molar-refractivity contribution in [3.8, 4) is 0 Å². The number of aliphatic hydroxyl groups is 1. The van der Waals surface area contributed by atoms with E-state index in [0.717, 1.165) is 63.1 Å². The Balaban J connectivity index is 1.28. The first kappa shape index (κ1) is 31.2. The van der Waals surface area contributed by atoms with E-state index in [1.54, 1.807) is 25.1 Å². The highest BCUT2D eigenvalue weighted by Gasteiger charge is 2.56. The fourth-order valence-electron chi connectivity index (χ4n) is 5.71. The minimum atomic E-state index is -4.88. The Morgan fingerprint density at radius 3 is 2.02 bits per heavy atom. The quantitative estimate of drug-likeness (QED) is 0.357. The molecule has 1 amide bonds. The Kier molecular flexibility index (Phi) is 9.83. The van der Waals surface area contributed by atoms with Crippen LogP contribution in [0.3, 0.4) is 0 Å². The second-order valence-corrected chi connectivity index (χ2v) is 12.3. The van der Waals surface area contributed by atoms with Gasteiger partial charge < -0.3 is 14.9 Å². The molecule has 0 spiro atoms. The molecule has 3 heterocycles. The third kappa shape index (κ3) is 7.16. The standard InChI is InChI=1S/C28H34Cl3F3N4O2/c1-36(2)26(39)23-3-4-24(35-25(23)31)38-11-7-19(8-12-38)13-18-5-9-37(10-6-18)17-27(40,28(32,33)34)20-14-21(29)16-22(30)15-20/h3-4,14-16,18-19,40H,5-13,17H2,1-2H3/t27-/m0/s1. The average molecular weight is 622 g/mol. The molecule has 0 saturated carbocycles. The summed E-state index contributed by atoms with van der Waals surface area (Å²) in [5, 5.41) is 11.1. The number of piperidine rings is 2. The Hall–Kier alpha value is -1.78. The second-order valence-electron chi connectivity index (χ2n) is 11.1. The first-order valence-corrected chi connectivity index (χ1v) is 14.5. The number of rotatable bonds is 7. The van der Waals surface area contributed by atoms with Crippen molar-refractivity contribution in [2.45, 2.75) is 43.9 Å². The van der Waals surface area contributed by atoms with Gasteiger partial charge in [-0.05, 0) is 92.9 Å². The van der Waals surface area contributed by atoms with Crippen LogP contribution in [0.4, 0.5) is 19.0 Å². The summed E-state index contributed by atoms with van der Waals surface area (Å²) in [4.78, 5) is 22.0. The largest absolute Gasteiger partial charge is 0.422 e. The van der Waals surface area contributed by atoms with Gasteiger partial charge in [-0.15, -0.1) is 0 Å². The van der Waals surface area contributed by atoms with Gasteiger partial charge in [-0.25, -0.2) is 4.98 Å². The molecule has 4 rings (SSSR count). The first-order chi connectivity index (χ1) is 18.8. The van der Waals surface area contributed by atoms with Crippen molar-refractivity contribution < 1.29 is 23.1 Å². The number of nitrogens with zero attached hydrogens (tertiary/aromatic N) is 4. The third-order valence-corrected chi connectivity index (χ3v) is 8.77. The number of aromatic nitrogens is 1. The summed E-state index contributed by atoms with van der Waals surface area (Å²) in [6, 6.07) is 7.14. The number of hydrogen-bond acceptors (Lipinski definition) is 5. The number of carbonyl (C=O) groups is 1. The summed E-state index contributed by atoms with van der Waals surface area (Å²) < 4.78 is 42.2. The van der Waals surface area contributed by atoms with Gasteiger partial charge in [-0.2, -0.15) is 13.2 Å². The maximum Gasteiger partial charge on any atom is 0.422 e. The summed E-state index contributed by atoms with van der Waals surface area (Å²) in [6.07, 6.45) is -0.318. The molecule has 2 aliphatic rings. The van der Waals surface area contributed by atoms with Crippen molar-refractivity contribution in [2.24, 2.45) is 11.8 Å². The molecule has 0 aliphatic carbocycles. The number of β-amino-alcohol motifs (C(OH)–C–C–N with tert-alkyl or cyclic N) is 1. The Morgan fingerprint density at radius 1 is 0.975 bits per heavy atom. The summed E-state index contributed by atoms with van der Waals surface area (Å²) in [5.74, 6) is 1.52. The van der Waals surface area contributed by atoms with E-state index in [1.165, 1.54) is 11.0 Å². The number of amides is 1. The van der Waals surface area contributed by atoms with E-state index in [0.29, 0.717) is 30.5 Å². The zero-order valence-corrected chi connectivity index (χ0v) is 24.8. The van der Waals surface area contributed by atoms with Crippen molar-refractivity contribution in [1.82, 2.24) is 14.8 Å². The lowest BCUT2D eigenvalue weighted by molar-refractivity contribution is -0.272. The molecule has 1 atom stereocenters. The van der Waals surface area contributed by atoms with E-state index in [9.17, 15) is 23.1 Å². The van der Waals surface area contributed by atoms with Gasteiger partial charge in [0.2, 0.25) is 0 Å². The summed E-state index contributed by atoms with van der Waals surface area (Å²) in [6.45, 7) is 2.06. The van der Waals surface area contributed by atoms with Gasteiger partial charge in [0.1, 0.15) is 11.0 Å². The summed E-state index contributed by atoms with van der Waals surface area (Å²) >= 11 is 18.2. The van der Waals surface area contributed by atoms with Gasteiger partial charge in [0.15, 0.2) is 5.60 Å². The van der Waals surface area contributed by atoms with Gasteiger partial charge in [-0.3, -0.25) is 9.69 Å². The predicted molar refractivity (Wildman–Crippen MR) is 152 cm³/mol. The number of benzene rings is 1. The number of likely N-dealkylation sites (tertiary alicyclic amines) is 1. The van der Waals surface area contributed by atoms with E-state index in [4.69, 9.17) is 34.8 Å². The zero-order valence-electron chi connectivity index (χ0n) is 22.5. The smallest absolute Gasteiger partial charge is 0.375 e. The number of anilines is 1. The van der Waals surface area contributed by atoms with Crippen molar-refractivity contribution in [3.05, 3.63) is 56.7 Å². The molecule has 40 heavy (non-hydrogen) atoms. The van der Waals surface area contributed by atoms with Crippen LogP contribution in [0.1, 0.15) is 48.0 Å². The van der Waals surface area contributed by atoms with Crippen molar-refractivity contribution in [1.29, 1.82) is 0 Å². The molecule has 220 valence electrons. The maximum absolute atomic E-state index is 14.1. The average Bonchev–Trinajstić information content (AvgIpc) is 2.88. The van der Waals surface area contributed by atoms with Gasteiger partial charge in [-0.1, -0.05) is 34.8 Å². The molecule has 1 N–H and O–H groups in total. The van der Waals surface area contributed by atoms with Crippen LogP contribution in [0, 0.1) is 11.8 Å². The SMILES string of the molecule is CN(C)C(=O)c1ccc(N2CCC(CC3CCN(C[C@](O)(c4cc(Cl)cc(Cl)c4)C(F)(F)F)CC3)CC2)nc1Cl. The van der Waals surface area contributed by atoms with Gasteiger partial charge in [0.25, 0.3) is 5.91 Å². The highest BCUT2D eigenvalue weighted by atomic mass is 35.5. The van der Waals surface area contributed by atoms with Gasteiger partial charge in [0.05, 0.1) is 5.56 Å². The third-order valence-electron chi connectivity index (χ3n) is 8.04. The van der Waals surface area contributed by atoms with E-state index >= 15 is 0 Å². The number of alkyl halides is 3. The molecule has 12 heteroatoms. The highest BCUT2D eigenvalue weighted by molar-refractivity contribution is 6.34. The normalized spacial score (nSPS) is 19.5. The van der Waals surface area contributed by atoms with Crippen molar-refractivity contribution in [2.75, 3.05) is 51.7 Å². The number of carbonyl (C=O) groups excluding carboxylic acids is 1. The molecule has 2 aromatic rings. The van der Waals surface area contributed by atoms with E-state index < -0.39 is 18.3 Å². The van der Waals surface area contributed by atoms with Crippen LogP contribution < -0.4 is 4.90 Å². The van der Waals surface area contributed by atoms with Crippen LogP contribution in [0.15, 0.2) is 30.3 Å². The molecule has 1 aromatic heterocycles. The molecule has 6 nitrogen and oxygen atoms in total. The van der Waals surface area contributed by atoms with E-state index in [2.05, 4.69) is 9.88 Å². The minimum Gasteiger partial charge on any atom is -0.375 e. The lowest BCUT2D eigenvalue weighted by Crippen LogP contribution is -2.52. The summed E-state index contributed by atoms with van der Waals surface area (Å²) in [7, 11) is 3.34. The van der Waals surface area contributed by atoms with E-state index in [-0.39, 0.29) is 26.7 Å². The Morgan fingerprint density at radius 2 is 1.52 bits per heavy atom. The minimum absolute atomic E-state index is 0.0465. The summed E-state index contributed by atoms with van der Waals surface area (Å²) in [5.41, 5.74) is -3.03. The van der Waals surface area contributed by atoms with Crippen molar-refractivity contribution >= 4 is 46.5 Å². The maximum atomic E-state index is 14.1. The van der Waals surface area contributed by atoms with E-state index in [1.807, 2.05) is 6.07 Å². The number of hydrogen-bond donors (Lipinski definition) is 1. The number of halogens is 6. The van der Waals surface area contributed by atoms with Crippen LogP contribution >= 0.6 is 34.8 Å².